The summed E-state index contributed by atoms with van der Waals surface area (Å²) in [5, 5.41) is 8.55. The van der Waals surface area contributed by atoms with Gasteiger partial charge < -0.3 is 9.84 Å². The summed E-state index contributed by atoms with van der Waals surface area (Å²) in [6, 6.07) is 0. The Bertz CT molecular complexity index is 175. The van der Waals surface area contributed by atoms with Crippen molar-refractivity contribution in [3.05, 3.63) is 12.2 Å². The highest BCUT2D eigenvalue weighted by Crippen LogP contribution is 2.06. The molecule has 1 N–H and O–H groups in total. The van der Waals surface area contributed by atoms with Crippen LogP contribution in [0, 0.1) is 0 Å². The third-order valence-corrected chi connectivity index (χ3v) is 1.71. The lowest BCUT2D eigenvalue weighted by atomic mass is 10.2. The van der Waals surface area contributed by atoms with Crippen LogP contribution in [0.25, 0.3) is 0 Å². The van der Waals surface area contributed by atoms with E-state index >= 15 is 0 Å². The maximum atomic E-state index is 11.2. The first kappa shape index (κ1) is 12.2. The van der Waals surface area contributed by atoms with E-state index in [0.29, 0.717) is 5.57 Å². The van der Waals surface area contributed by atoms with Crippen molar-refractivity contribution in [1.82, 2.24) is 0 Å². The summed E-state index contributed by atoms with van der Waals surface area (Å²) >= 11 is 0. The molecule has 0 bridgehead atoms. The smallest absolute Gasteiger partial charge is 0.333 e. The molecule has 0 aromatic carbocycles. The van der Waals surface area contributed by atoms with Crippen LogP contribution in [0.3, 0.4) is 0 Å². The predicted molar refractivity (Wildman–Crippen MR) is 51.3 cm³/mol. The summed E-state index contributed by atoms with van der Waals surface area (Å²) in [5.74, 6) is -0.394. The fraction of sp³-hybridized carbons (Fsp3) is 0.700. The monoisotopic (exact) mass is 186 g/mol. The second-order valence-corrected chi connectivity index (χ2v) is 3.08. The molecule has 0 saturated carbocycles. The van der Waals surface area contributed by atoms with E-state index in [2.05, 4.69) is 6.58 Å². The molecule has 0 saturated heterocycles. The third kappa shape index (κ3) is 5.42. The zero-order valence-corrected chi connectivity index (χ0v) is 8.38. The third-order valence-electron chi connectivity index (χ3n) is 1.71. The van der Waals surface area contributed by atoms with Gasteiger partial charge in [-0.2, -0.15) is 0 Å². The Balaban J connectivity index is 3.78. The van der Waals surface area contributed by atoms with Gasteiger partial charge in [0.1, 0.15) is 0 Å². The van der Waals surface area contributed by atoms with Gasteiger partial charge in [0.2, 0.25) is 0 Å². The zero-order chi connectivity index (χ0) is 10.3. The minimum absolute atomic E-state index is 0.0594. The number of esters is 1. The number of ether oxygens (including phenoxy) is 1. The number of carbonyl (C=O) groups is 1. The molecule has 76 valence electrons. The lowest BCUT2D eigenvalue weighted by Crippen LogP contribution is -2.16. The molecule has 3 nitrogen and oxygen atoms in total. The molecular weight excluding hydrogens is 168 g/mol. The fourth-order valence-electron chi connectivity index (χ4n) is 0.969. The average Bonchev–Trinajstić information content (AvgIpc) is 2.05. The molecule has 0 rings (SSSR count). The first-order chi connectivity index (χ1) is 6.11. The van der Waals surface area contributed by atoms with Gasteiger partial charge in [0.15, 0.2) is 0 Å². The highest BCUT2D eigenvalue weighted by atomic mass is 16.5. The molecule has 0 radical (unpaired) electrons. The second kappa shape index (κ2) is 6.66. The number of hydrogen-bond acceptors (Lipinski definition) is 3. The van der Waals surface area contributed by atoms with E-state index in [1.54, 1.807) is 0 Å². The Morgan fingerprint density at radius 2 is 2.23 bits per heavy atom. The van der Waals surface area contributed by atoms with E-state index in [1.165, 1.54) is 0 Å². The van der Waals surface area contributed by atoms with Crippen LogP contribution >= 0.6 is 0 Å². The molecule has 3 heteroatoms. The van der Waals surface area contributed by atoms with Crippen LogP contribution < -0.4 is 0 Å². The number of carbonyl (C=O) groups excluding carboxylic acids is 1. The standard InChI is InChI=1S/C10H18O3/c1-4-5-9(3)13-10(12)8(2)6-7-11/h9,11H,2,4-7H2,1,3H3. The van der Waals surface area contributed by atoms with Crippen LogP contribution in [0.5, 0.6) is 0 Å². The molecular formula is C10H18O3. The van der Waals surface area contributed by atoms with Crippen molar-refractivity contribution in [2.24, 2.45) is 0 Å². The molecule has 1 atom stereocenters. The molecule has 0 aliphatic rings. The van der Waals surface area contributed by atoms with E-state index in [0.717, 1.165) is 12.8 Å². The quantitative estimate of drug-likeness (QED) is 0.507. The van der Waals surface area contributed by atoms with E-state index < -0.39 is 5.97 Å². The van der Waals surface area contributed by atoms with Crippen molar-refractivity contribution >= 4 is 5.97 Å². The first-order valence-corrected chi connectivity index (χ1v) is 4.61. The van der Waals surface area contributed by atoms with Gasteiger partial charge >= 0.3 is 5.97 Å². The lowest BCUT2D eigenvalue weighted by Gasteiger charge is -2.12. The predicted octanol–water partition coefficient (Wildman–Crippen LogP) is 1.66. The van der Waals surface area contributed by atoms with Crippen molar-refractivity contribution in [2.75, 3.05) is 6.61 Å². The van der Waals surface area contributed by atoms with E-state index in [1.807, 2.05) is 13.8 Å². The van der Waals surface area contributed by atoms with Crippen LogP contribution in [-0.2, 0) is 9.53 Å². The maximum Gasteiger partial charge on any atom is 0.333 e. The molecule has 0 aliphatic carbocycles. The normalized spacial score (nSPS) is 12.2. The molecule has 1 unspecified atom stereocenters. The number of aliphatic hydroxyl groups is 1. The lowest BCUT2D eigenvalue weighted by molar-refractivity contribution is -0.144. The molecule has 0 aromatic rings. The topological polar surface area (TPSA) is 46.5 Å². The summed E-state index contributed by atoms with van der Waals surface area (Å²) < 4.78 is 5.06. The van der Waals surface area contributed by atoms with E-state index in [-0.39, 0.29) is 19.1 Å². The number of aliphatic hydroxyl groups excluding tert-OH is 1. The van der Waals surface area contributed by atoms with Gasteiger partial charge in [-0.3, -0.25) is 0 Å². The number of hydrogen-bond donors (Lipinski definition) is 1. The molecule has 0 spiro atoms. The van der Waals surface area contributed by atoms with Crippen LogP contribution in [0.1, 0.15) is 33.1 Å². The van der Waals surface area contributed by atoms with Crippen LogP contribution in [0.15, 0.2) is 12.2 Å². The van der Waals surface area contributed by atoms with Gasteiger partial charge in [0, 0.05) is 18.6 Å². The molecule has 0 aliphatic heterocycles. The Hall–Kier alpha value is -0.830. The highest BCUT2D eigenvalue weighted by molar-refractivity contribution is 5.87. The molecule has 0 fully saturated rings. The summed E-state index contributed by atoms with van der Waals surface area (Å²) in [4.78, 5) is 11.2. The second-order valence-electron chi connectivity index (χ2n) is 3.08. The van der Waals surface area contributed by atoms with Gasteiger partial charge in [-0.05, 0) is 13.3 Å². The summed E-state index contributed by atoms with van der Waals surface area (Å²) in [6.07, 6.45) is 2.07. The van der Waals surface area contributed by atoms with Crippen molar-refractivity contribution in [1.29, 1.82) is 0 Å². The van der Waals surface area contributed by atoms with Gasteiger partial charge in [0.05, 0.1) is 6.10 Å². The van der Waals surface area contributed by atoms with Gasteiger partial charge in [-0.15, -0.1) is 0 Å². The first-order valence-electron chi connectivity index (χ1n) is 4.61. The Morgan fingerprint density at radius 3 is 2.69 bits per heavy atom. The average molecular weight is 186 g/mol. The fourth-order valence-corrected chi connectivity index (χ4v) is 0.969. The summed E-state index contributed by atoms with van der Waals surface area (Å²) in [5.41, 5.74) is 0.338. The van der Waals surface area contributed by atoms with Crippen LogP contribution in [0.4, 0.5) is 0 Å². The van der Waals surface area contributed by atoms with E-state index in [9.17, 15) is 4.79 Å². The zero-order valence-electron chi connectivity index (χ0n) is 8.38. The minimum Gasteiger partial charge on any atom is -0.459 e. The largest absolute Gasteiger partial charge is 0.459 e. The minimum atomic E-state index is -0.394. The molecule has 0 heterocycles. The number of rotatable bonds is 6. The molecule has 0 aromatic heterocycles. The van der Waals surface area contributed by atoms with Crippen molar-refractivity contribution in [3.63, 3.8) is 0 Å². The van der Waals surface area contributed by atoms with Gasteiger partial charge in [-0.25, -0.2) is 4.79 Å². The summed E-state index contributed by atoms with van der Waals surface area (Å²) in [6.45, 7) is 7.35. The highest BCUT2D eigenvalue weighted by Gasteiger charge is 2.11. The maximum absolute atomic E-state index is 11.2. The van der Waals surface area contributed by atoms with E-state index in [4.69, 9.17) is 9.84 Å². The Kier molecular flexibility index (Phi) is 6.24. The van der Waals surface area contributed by atoms with Gasteiger partial charge in [0.25, 0.3) is 0 Å². The Morgan fingerprint density at radius 1 is 1.62 bits per heavy atom. The molecule has 13 heavy (non-hydrogen) atoms. The summed E-state index contributed by atoms with van der Waals surface area (Å²) in [7, 11) is 0. The van der Waals surface area contributed by atoms with Crippen LogP contribution in [0.2, 0.25) is 0 Å². The Labute approximate surface area is 79.4 Å². The van der Waals surface area contributed by atoms with Gasteiger partial charge in [-0.1, -0.05) is 19.9 Å². The molecule has 0 amide bonds. The van der Waals surface area contributed by atoms with Crippen molar-refractivity contribution in [3.8, 4) is 0 Å². The van der Waals surface area contributed by atoms with Crippen molar-refractivity contribution in [2.45, 2.75) is 39.2 Å². The van der Waals surface area contributed by atoms with Crippen LogP contribution in [-0.4, -0.2) is 23.8 Å². The van der Waals surface area contributed by atoms with Crippen molar-refractivity contribution < 1.29 is 14.6 Å². The SMILES string of the molecule is C=C(CCO)C(=O)OC(C)CCC.